The number of hydrogen-bond donors (Lipinski definition) is 3. The standard InChI is InChI=1S/C18H16Cl2IN3O3/c1-27-17(25)15-8-14(16-12(20)6-9(19)7-13(16)23-15)24-18(26)22-11-4-2-10(21)3-5-11/h2-7,14-15,23H,8H2,1H3,(H2,22,24,26)/t14-,15+/m0/s1. The average molecular weight is 520 g/mol. The fraction of sp³-hybridized carbons (Fsp3) is 0.222. The summed E-state index contributed by atoms with van der Waals surface area (Å²) in [4.78, 5) is 24.5. The van der Waals surface area contributed by atoms with Crippen molar-refractivity contribution in [2.45, 2.75) is 18.5 Å². The molecule has 1 aliphatic rings. The topological polar surface area (TPSA) is 79.5 Å². The van der Waals surface area contributed by atoms with Crippen molar-refractivity contribution >= 4 is 69.2 Å². The zero-order chi connectivity index (χ0) is 19.6. The van der Waals surface area contributed by atoms with Crippen molar-refractivity contribution in [3.05, 3.63) is 55.6 Å². The van der Waals surface area contributed by atoms with Gasteiger partial charge in [0.15, 0.2) is 0 Å². The van der Waals surface area contributed by atoms with Crippen molar-refractivity contribution in [2.75, 3.05) is 17.7 Å². The van der Waals surface area contributed by atoms with Gasteiger partial charge in [0, 0.05) is 37.0 Å². The van der Waals surface area contributed by atoms with Crippen molar-refractivity contribution < 1.29 is 14.3 Å². The van der Waals surface area contributed by atoms with Gasteiger partial charge in [0.25, 0.3) is 0 Å². The molecule has 2 aromatic carbocycles. The van der Waals surface area contributed by atoms with Gasteiger partial charge >= 0.3 is 12.0 Å². The number of esters is 1. The summed E-state index contributed by atoms with van der Waals surface area (Å²) < 4.78 is 5.89. The number of halogens is 3. The number of rotatable bonds is 3. The van der Waals surface area contributed by atoms with Crippen LogP contribution in [0.3, 0.4) is 0 Å². The van der Waals surface area contributed by atoms with Crippen LogP contribution in [0.15, 0.2) is 36.4 Å². The van der Waals surface area contributed by atoms with Gasteiger partial charge in [0.05, 0.1) is 13.2 Å². The summed E-state index contributed by atoms with van der Waals surface area (Å²) in [6.45, 7) is 0. The molecule has 1 heterocycles. The van der Waals surface area contributed by atoms with E-state index >= 15 is 0 Å². The molecule has 27 heavy (non-hydrogen) atoms. The molecule has 2 atom stereocenters. The largest absolute Gasteiger partial charge is 0.467 e. The van der Waals surface area contributed by atoms with Crippen LogP contribution in [0.5, 0.6) is 0 Å². The van der Waals surface area contributed by atoms with E-state index in [1.165, 1.54) is 7.11 Å². The number of urea groups is 1. The van der Waals surface area contributed by atoms with E-state index in [-0.39, 0.29) is 0 Å². The lowest BCUT2D eigenvalue weighted by atomic mass is 9.92. The molecule has 0 spiro atoms. The molecule has 2 aromatic rings. The molecule has 0 aliphatic carbocycles. The molecule has 0 aromatic heterocycles. The maximum absolute atomic E-state index is 12.5. The summed E-state index contributed by atoms with van der Waals surface area (Å²) in [5.74, 6) is -0.429. The number of anilines is 2. The highest BCUT2D eigenvalue weighted by Gasteiger charge is 2.34. The first-order valence-electron chi connectivity index (χ1n) is 8.03. The maximum Gasteiger partial charge on any atom is 0.328 e. The van der Waals surface area contributed by atoms with Gasteiger partial charge in [-0.25, -0.2) is 9.59 Å². The molecule has 0 radical (unpaired) electrons. The van der Waals surface area contributed by atoms with E-state index in [0.29, 0.717) is 33.4 Å². The first-order chi connectivity index (χ1) is 12.9. The van der Waals surface area contributed by atoms with Crippen LogP contribution in [-0.2, 0) is 9.53 Å². The molecule has 1 aliphatic heterocycles. The number of fused-ring (bicyclic) bond motifs is 1. The Morgan fingerprint density at radius 1 is 1.22 bits per heavy atom. The zero-order valence-electron chi connectivity index (χ0n) is 14.2. The molecule has 6 nitrogen and oxygen atoms in total. The van der Waals surface area contributed by atoms with Crippen molar-refractivity contribution in [3.63, 3.8) is 0 Å². The molecule has 142 valence electrons. The third kappa shape index (κ3) is 4.77. The molecule has 0 bridgehead atoms. The number of ether oxygens (including phenoxy) is 1. The second kappa shape index (κ2) is 8.53. The Morgan fingerprint density at radius 2 is 1.93 bits per heavy atom. The Morgan fingerprint density at radius 3 is 2.59 bits per heavy atom. The van der Waals surface area contributed by atoms with Crippen LogP contribution in [0.25, 0.3) is 0 Å². The molecule has 0 saturated heterocycles. The van der Waals surface area contributed by atoms with Crippen molar-refractivity contribution in [1.82, 2.24) is 5.32 Å². The number of carbonyl (C=O) groups excluding carboxylic acids is 2. The van der Waals surface area contributed by atoms with Crippen LogP contribution in [0.2, 0.25) is 10.0 Å². The third-order valence-electron chi connectivity index (χ3n) is 4.14. The van der Waals surface area contributed by atoms with Crippen LogP contribution in [0, 0.1) is 3.57 Å². The Bertz CT molecular complexity index is 877. The molecule has 3 rings (SSSR count). The highest BCUT2D eigenvalue weighted by Crippen LogP contribution is 2.40. The predicted octanol–water partition coefficient (Wildman–Crippen LogP) is 4.82. The average Bonchev–Trinajstić information content (AvgIpc) is 2.62. The highest BCUT2D eigenvalue weighted by atomic mass is 127. The van der Waals surface area contributed by atoms with E-state index < -0.39 is 24.1 Å². The van der Waals surface area contributed by atoms with Gasteiger partial charge in [-0.1, -0.05) is 23.2 Å². The molecule has 3 N–H and O–H groups in total. The quantitative estimate of drug-likeness (QED) is 0.401. The van der Waals surface area contributed by atoms with E-state index in [1.807, 2.05) is 24.3 Å². The smallest absolute Gasteiger partial charge is 0.328 e. The van der Waals surface area contributed by atoms with E-state index in [0.717, 1.165) is 3.57 Å². The van der Waals surface area contributed by atoms with E-state index in [4.69, 9.17) is 27.9 Å². The Hall–Kier alpha value is -1.71. The summed E-state index contributed by atoms with van der Waals surface area (Å²) in [6, 6.07) is 9.16. The summed E-state index contributed by atoms with van der Waals surface area (Å²) in [5, 5.41) is 9.57. The Balaban J connectivity index is 1.83. The van der Waals surface area contributed by atoms with Crippen LogP contribution < -0.4 is 16.0 Å². The predicted molar refractivity (Wildman–Crippen MR) is 115 cm³/mol. The van der Waals surface area contributed by atoms with Crippen molar-refractivity contribution in [1.29, 1.82) is 0 Å². The second-order valence-electron chi connectivity index (χ2n) is 5.96. The normalized spacial score (nSPS) is 18.1. The van der Waals surface area contributed by atoms with Gasteiger partial charge in [-0.3, -0.25) is 0 Å². The summed E-state index contributed by atoms with van der Waals surface area (Å²) >= 11 is 14.6. The number of methoxy groups -OCH3 is 1. The van der Waals surface area contributed by atoms with Gasteiger partial charge in [-0.15, -0.1) is 0 Å². The Kier molecular flexibility index (Phi) is 6.33. The van der Waals surface area contributed by atoms with Crippen LogP contribution in [0.1, 0.15) is 18.0 Å². The maximum atomic E-state index is 12.5. The number of nitrogens with one attached hydrogen (secondary N) is 3. The van der Waals surface area contributed by atoms with Crippen molar-refractivity contribution in [2.24, 2.45) is 0 Å². The Labute approximate surface area is 180 Å². The van der Waals surface area contributed by atoms with E-state index in [2.05, 4.69) is 38.5 Å². The van der Waals surface area contributed by atoms with Gasteiger partial charge < -0.3 is 20.7 Å². The molecule has 0 fully saturated rings. The second-order valence-corrected chi connectivity index (χ2v) is 8.05. The summed E-state index contributed by atoms with van der Waals surface area (Å²) in [7, 11) is 1.32. The minimum absolute atomic E-state index is 0.293. The fourth-order valence-corrected chi connectivity index (χ4v) is 3.93. The van der Waals surface area contributed by atoms with Crippen LogP contribution >= 0.6 is 45.8 Å². The number of benzene rings is 2. The first-order valence-corrected chi connectivity index (χ1v) is 9.87. The molecule has 2 amide bonds. The zero-order valence-corrected chi connectivity index (χ0v) is 17.9. The fourth-order valence-electron chi connectivity index (χ4n) is 2.95. The van der Waals surface area contributed by atoms with Gasteiger partial charge in [0.1, 0.15) is 6.04 Å². The van der Waals surface area contributed by atoms with Gasteiger partial charge in [-0.05, 0) is 59.0 Å². The SMILES string of the molecule is COC(=O)[C@H]1C[C@H](NC(=O)Nc2ccc(I)cc2)c2c(Cl)cc(Cl)cc2N1. The van der Waals surface area contributed by atoms with Crippen LogP contribution in [-0.4, -0.2) is 25.2 Å². The summed E-state index contributed by atoms with van der Waals surface area (Å²) in [6.07, 6.45) is 0.293. The number of amides is 2. The number of carbonyl (C=O) groups is 2. The molecular formula is C18H16Cl2IN3O3. The minimum atomic E-state index is -0.624. The number of hydrogen-bond acceptors (Lipinski definition) is 4. The lowest BCUT2D eigenvalue weighted by molar-refractivity contribution is -0.141. The molecule has 0 saturated carbocycles. The minimum Gasteiger partial charge on any atom is -0.467 e. The van der Waals surface area contributed by atoms with Crippen LogP contribution in [0.4, 0.5) is 16.2 Å². The molecular weight excluding hydrogens is 504 g/mol. The van der Waals surface area contributed by atoms with E-state index in [9.17, 15) is 9.59 Å². The monoisotopic (exact) mass is 519 g/mol. The highest BCUT2D eigenvalue weighted by molar-refractivity contribution is 14.1. The third-order valence-corrected chi connectivity index (χ3v) is 5.39. The molecule has 9 heteroatoms. The summed E-state index contributed by atoms with van der Waals surface area (Å²) in [5.41, 5.74) is 1.93. The van der Waals surface area contributed by atoms with E-state index in [1.54, 1.807) is 12.1 Å². The van der Waals surface area contributed by atoms with Crippen molar-refractivity contribution in [3.8, 4) is 0 Å². The molecule has 0 unspecified atom stereocenters. The lowest BCUT2D eigenvalue weighted by Crippen LogP contribution is -2.42. The first kappa shape index (κ1) is 20.0. The van der Waals surface area contributed by atoms with Gasteiger partial charge in [0.2, 0.25) is 0 Å². The lowest BCUT2D eigenvalue weighted by Gasteiger charge is -2.33. The van der Waals surface area contributed by atoms with Gasteiger partial charge in [-0.2, -0.15) is 0 Å².